The van der Waals surface area contributed by atoms with Crippen LogP contribution in [0.3, 0.4) is 0 Å². The molecular formula is C16H22N2O2. The molecule has 108 valence electrons. The van der Waals surface area contributed by atoms with Crippen LogP contribution in [0.4, 0.5) is 0 Å². The van der Waals surface area contributed by atoms with E-state index in [1.807, 2.05) is 4.57 Å². The van der Waals surface area contributed by atoms with Gasteiger partial charge in [-0.15, -0.1) is 0 Å². The SMILES string of the molecule is C=C1C(CCCC(C)C)OC2C1Cc1nc(=O)ccn12. The van der Waals surface area contributed by atoms with E-state index in [2.05, 4.69) is 25.4 Å². The van der Waals surface area contributed by atoms with Crippen LogP contribution < -0.4 is 5.56 Å². The maximum Gasteiger partial charge on any atom is 0.272 e. The lowest BCUT2D eigenvalue weighted by molar-refractivity contribution is -0.00481. The first-order valence-electron chi connectivity index (χ1n) is 7.48. The van der Waals surface area contributed by atoms with Gasteiger partial charge in [-0.05, 0) is 17.9 Å². The van der Waals surface area contributed by atoms with Gasteiger partial charge in [0.1, 0.15) is 12.1 Å². The molecule has 1 saturated heterocycles. The topological polar surface area (TPSA) is 44.1 Å². The molecular weight excluding hydrogens is 252 g/mol. The molecule has 0 saturated carbocycles. The lowest BCUT2D eigenvalue weighted by atomic mass is 9.93. The van der Waals surface area contributed by atoms with E-state index in [1.54, 1.807) is 6.20 Å². The average molecular weight is 274 g/mol. The molecule has 4 nitrogen and oxygen atoms in total. The van der Waals surface area contributed by atoms with Gasteiger partial charge in [-0.25, -0.2) is 0 Å². The summed E-state index contributed by atoms with van der Waals surface area (Å²) in [6.07, 6.45) is 6.20. The summed E-state index contributed by atoms with van der Waals surface area (Å²) < 4.78 is 8.17. The first-order valence-corrected chi connectivity index (χ1v) is 7.48. The van der Waals surface area contributed by atoms with Gasteiger partial charge in [0.2, 0.25) is 0 Å². The maximum absolute atomic E-state index is 11.3. The van der Waals surface area contributed by atoms with E-state index in [4.69, 9.17) is 4.74 Å². The van der Waals surface area contributed by atoms with E-state index in [1.165, 1.54) is 24.5 Å². The highest BCUT2D eigenvalue weighted by molar-refractivity contribution is 5.21. The molecule has 20 heavy (non-hydrogen) atoms. The highest BCUT2D eigenvalue weighted by Gasteiger charge is 2.44. The van der Waals surface area contributed by atoms with Crippen molar-refractivity contribution in [2.45, 2.75) is 51.9 Å². The Kier molecular flexibility index (Phi) is 3.50. The normalized spacial score (nSPS) is 27.9. The van der Waals surface area contributed by atoms with Gasteiger partial charge in [-0.3, -0.25) is 4.79 Å². The lowest BCUT2D eigenvalue weighted by Crippen LogP contribution is -2.17. The van der Waals surface area contributed by atoms with Crippen molar-refractivity contribution in [2.75, 3.05) is 0 Å². The molecule has 0 amide bonds. The molecule has 0 N–H and O–H groups in total. The quantitative estimate of drug-likeness (QED) is 0.793. The number of rotatable bonds is 4. The number of aromatic nitrogens is 2. The Morgan fingerprint density at radius 2 is 2.35 bits per heavy atom. The fourth-order valence-electron chi connectivity index (χ4n) is 3.26. The number of fused-ring (bicyclic) bond motifs is 3. The van der Waals surface area contributed by atoms with Crippen molar-refractivity contribution in [3.8, 4) is 0 Å². The van der Waals surface area contributed by atoms with Gasteiger partial charge in [0.05, 0.1) is 6.10 Å². The van der Waals surface area contributed by atoms with Gasteiger partial charge in [0, 0.05) is 24.6 Å². The van der Waals surface area contributed by atoms with Crippen LogP contribution in [0.15, 0.2) is 29.2 Å². The second kappa shape index (κ2) is 5.17. The van der Waals surface area contributed by atoms with E-state index in [-0.39, 0.29) is 23.8 Å². The maximum atomic E-state index is 11.3. The molecule has 3 rings (SSSR count). The zero-order valence-corrected chi connectivity index (χ0v) is 12.2. The molecule has 1 aromatic rings. The smallest absolute Gasteiger partial charge is 0.272 e. The van der Waals surface area contributed by atoms with Gasteiger partial charge in [0.25, 0.3) is 5.56 Å². The molecule has 0 radical (unpaired) electrons. The van der Waals surface area contributed by atoms with Crippen LogP contribution in [0.2, 0.25) is 0 Å². The predicted octanol–water partition coefficient (Wildman–Crippen LogP) is 2.70. The number of hydrogen-bond acceptors (Lipinski definition) is 3. The minimum atomic E-state index is -0.171. The van der Waals surface area contributed by atoms with Crippen LogP contribution in [-0.4, -0.2) is 15.7 Å². The van der Waals surface area contributed by atoms with Gasteiger partial charge >= 0.3 is 0 Å². The molecule has 2 aliphatic rings. The van der Waals surface area contributed by atoms with Crippen LogP contribution in [0.1, 0.15) is 45.2 Å². The van der Waals surface area contributed by atoms with E-state index < -0.39 is 0 Å². The summed E-state index contributed by atoms with van der Waals surface area (Å²) in [7, 11) is 0. The average Bonchev–Trinajstić information content (AvgIpc) is 2.87. The Morgan fingerprint density at radius 3 is 3.10 bits per heavy atom. The van der Waals surface area contributed by atoms with Crippen molar-refractivity contribution in [2.24, 2.45) is 11.8 Å². The van der Waals surface area contributed by atoms with Crippen molar-refractivity contribution in [3.63, 3.8) is 0 Å². The molecule has 0 aromatic carbocycles. The summed E-state index contributed by atoms with van der Waals surface area (Å²) in [4.78, 5) is 15.4. The number of ether oxygens (including phenoxy) is 1. The largest absolute Gasteiger partial charge is 0.350 e. The van der Waals surface area contributed by atoms with Gasteiger partial charge < -0.3 is 9.30 Å². The second-order valence-electron chi connectivity index (χ2n) is 6.31. The Bertz CT molecular complexity index is 576. The van der Waals surface area contributed by atoms with Crippen LogP contribution in [0.25, 0.3) is 0 Å². The Balaban J connectivity index is 1.70. The summed E-state index contributed by atoms with van der Waals surface area (Å²) in [5.41, 5.74) is 1.01. The van der Waals surface area contributed by atoms with Crippen LogP contribution in [0.5, 0.6) is 0 Å². The van der Waals surface area contributed by atoms with Crippen LogP contribution >= 0.6 is 0 Å². The number of nitrogens with zero attached hydrogens (tertiary/aromatic N) is 2. The van der Waals surface area contributed by atoms with Crippen molar-refractivity contribution in [1.82, 2.24) is 9.55 Å². The molecule has 1 fully saturated rings. The molecule has 2 aliphatic heterocycles. The Morgan fingerprint density at radius 1 is 1.55 bits per heavy atom. The van der Waals surface area contributed by atoms with Gasteiger partial charge in [-0.2, -0.15) is 4.98 Å². The Hall–Kier alpha value is -1.42. The summed E-state index contributed by atoms with van der Waals surface area (Å²) in [6, 6.07) is 1.50. The summed E-state index contributed by atoms with van der Waals surface area (Å²) in [5, 5.41) is 0. The highest BCUT2D eigenvalue weighted by atomic mass is 16.5. The second-order valence-corrected chi connectivity index (χ2v) is 6.31. The van der Waals surface area contributed by atoms with Crippen molar-refractivity contribution in [1.29, 1.82) is 0 Å². The Labute approximate surface area is 119 Å². The summed E-state index contributed by atoms with van der Waals surface area (Å²) >= 11 is 0. The molecule has 4 heteroatoms. The minimum Gasteiger partial charge on any atom is -0.350 e. The zero-order chi connectivity index (χ0) is 14.3. The molecule has 3 heterocycles. The van der Waals surface area contributed by atoms with Gasteiger partial charge in [0.15, 0.2) is 0 Å². The standard InChI is InChI=1S/C16H22N2O2/c1-10(2)5-4-6-13-11(3)12-9-14-17-15(19)7-8-18(14)16(12)20-13/h7-8,10,12-13,16H,3-6,9H2,1-2H3. The molecule has 3 unspecified atom stereocenters. The summed E-state index contributed by atoms with van der Waals surface area (Å²) in [5.74, 6) is 1.85. The van der Waals surface area contributed by atoms with Gasteiger partial charge in [-0.1, -0.05) is 33.3 Å². The van der Waals surface area contributed by atoms with Crippen molar-refractivity contribution >= 4 is 0 Å². The van der Waals surface area contributed by atoms with Crippen molar-refractivity contribution < 1.29 is 4.74 Å². The van der Waals surface area contributed by atoms with E-state index in [0.717, 1.165) is 24.6 Å². The first-order chi connectivity index (χ1) is 9.56. The van der Waals surface area contributed by atoms with Crippen LogP contribution in [-0.2, 0) is 11.2 Å². The third-order valence-electron chi connectivity index (χ3n) is 4.38. The molecule has 0 bridgehead atoms. The van der Waals surface area contributed by atoms with E-state index in [0.29, 0.717) is 0 Å². The fraction of sp³-hybridized carbons (Fsp3) is 0.625. The third kappa shape index (κ3) is 2.33. The molecule has 1 aromatic heterocycles. The zero-order valence-electron chi connectivity index (χ0n) is 12.2. The summed E-state index contributed by atoms with van der Waals surface area (Å²) in [6.45, 7) is 8.73. The highest BCUT2D eigenvalue weighted by Crippen LogP contribution is 2.45. The fourth-order valence-corrected chi connectivity index (χ4v) is 3.26. The lowest BCUT2D eigenvalue weighted by Gasteiger charge is -2.16. The first kappa shape index (κ1) is 13.6. The number of hydrogen-bond donors (Lipinski definition) is 0. The molecule has 0 aliphatic carbocycles. The van der Waals surface area contributed by atoms with Crippen LogP contribution in [0, 0.1) is 11.8 Å². The molecule has 0 spiro atoms. The van der Waals surface area contributed by atoms with E-state index in [9.17, 15) is 4.79 Å². The monoisotopic (exact) mass is 274 g/mol. The van der Waals surface area contributed by atoms with E-state index >= 15 is 0 Å². The predicted molar refractivity (Wildman–Crippen MR) is 77.4 cm³/mol. The molecule has 3 atom stereocenters. The third-order valence-corrected chi connectivity index (χ3v) is 4.38. The minimum absolute atomic E-state index is 0.00495. The van der Waals surface area contributed by atoms with Crippen molar-refractivity contribution in [3.05, 3.63) is 40.6 Å².